The second-order valence-corrected chi connectivity index (χ2v) is 5.37. The van der Waals surface area contributed by atoms with Gasteiger partial charge in [-0.2, -0.15) is 0 Å². The van der Waals surface area contributed by atoms with Gasteiger partial charge in [-0.1, -0.05) is 20.8 Å². The van der Waals surface area contributed by atoms with Gasteiger partial charge in [0.05, 0.1) is 0 Å². The first-order valence-corrected chi connectivity index (χ1v) is 7.79. The van der Waals surface area contributed by atoms with E-state index in [0.717, 1.165) is 25.8 Å². The Hall–Kier alpha value is -1.29. The van der Waals surface area contributed by atoms with Gasteiger partial charge < -0.3 is 15.2 Å². The average Bonchev–Trinajstić information content (AvgIpc) is 2.90. The Morgan fingerprint density at radius 1 is 1.30 bits per heavy atom. The Labute approximate surface area is 122 Å². The summed E-state index contributed by atoms with van der Waals surface area (Å²) in [5, 5.41) is 6.51. The lowest BCUT2D eigenvalue weighted by molar-refractivity contribution is -0.122. The normalized spacial score (nSPS) is 12.7. The summed E-state index contributed by atoms with van der Waals surface area (Å²) in [6.07, 6.45) is 7.13. The smallest absolute Gasteiger partial charge is 0.240 e. The van der Waals surface area contributed by atoms with Crippen molar-refractivity contribution in [2.24, 2.45) is 0 Å². The summed E-state index contributed by atoms with van der Waals surface area (Å²) < 4.78 is 1.96. The summed E-state index contributed by atoms with van der Waals surface area (Å²) >= 11 is 0. The highest BCUT2D eigenvalue weighted by atomic mass is 16.2. The standard InChI is InChI=1S/C16H29N3O/c1-5-9-17-13(4)14-8-10-19(11-14)12-16(20)18-15(6-2)7-3/h8,10-11,13,15,17H,5-7,9,12H2,1-4H3,(H,18,20). The second-order valence-electron chi connectivity index (χ2n) is 5.37. The molecule has 0 saturated carbocycles. The van der Waals surface area contributed by atoms with Gasteiger partial charge in [-0.15, -0.1) is 0 Å². The van der Waals surface area contributed by atoms with Crippen molar-refractivity contribution in [3.05, 3.63) is 24.0 Å². The molecule has 0 spiro atoms. The summed E-state index contributed by atoms with van der Waals surface area (Å²) in [5.41, 5.74) is 1.23. The fraction of sp³-hybridized carbons (Fsp3) is 0.688. The minimum Gasteiger partial charge on any atom is -0.352 e. The fourth-order valence-corrected chi connectivity index (χ4v) is 2.22. The lowest BCUT2D eigenvalue weighted by Gasteiger charge is -2.15. The number of carbonyl (C=O) groups is 1. The van der Waals surface area contributed by atoms with Gasteiger partial charge in [0, 0.05) is 24.5 Å². The molecule has 1 rings (SSSR count). The summed E-state index contributed by atoms with van der Waals surface area (Å²) in [4.78, 5) is 11.9. The summed E-state index contributed by atoms with van der Waals surface area (Å²) in [5.74, 6) is 0.0926. The van der Waals surface area contributed by atoms with E-state index in [2.05, 4.69) is 50.6 Å². The molecule has 20 heavy (non-hydrogen) atoms. The molecule has 114 valence electrons. The number of nitrogens with zero attached hydrogens (tertiary/aromatic N) is 1. The summed E-state index contributed by atoms with van der Waals surface area (Å²) in [6, 6.07) is 2.71. The van der Waals surface area contributed by atoms with Gasteiger partial charge in [0.15, 0.2) is 0 Å². The maximum absolute atomic E-state index is 11.9. The van der Waals surface area contributed by atoms with Crippen molar-refractivity contribution in [1.82, 2.24) is 15.2 Å². The van der Waals surface area contributed by atoms with Crippen molar-refractivity contribution in [1.29, 1.82) is 0 Å². The Morgan fingerprint density at radius 2 is 2.00 bits per heavy atom. The number of aromatic nitrogens is 1. The largest absolute Gasteiger partial charge is 0.352 e. The van der Waals surface area contributed by atoms with E-state index in [1.165, 1.54) is 5.56 Å². The van der Waals surface area contributed by atoms with Crippen LogP contribution in [0.2, 0.25) is 0 Å². The molecule has 0 aliphatic rings. The second kappa shape index (κ2) is 8.80. The Kier molecular flexibility index (Phi) is 7.37. The number of hydrogen-bond acceptors (Lipinski definition) is 2. The van der Waals surface area contributed by atoms with Gasteiger partial charge >= 0.3 is 0 Å². The molecule has 0 radical (unpaired) electrons. The fourth-order valence-electron chi connectivity index (χ4n) is 2.22. The highest BCUT2D eigenvalue weighted by Gasteiger charge is 2.10. The predicted molar refractivity (Wildman–Crippen MR) is 83.7 cm³/mol. The molecule has 1 amide bonds. The SMILES string of the molecule is CCCNC(C)c1ccn(CC(=O)NC(CC)CC)c1. The zero-order valence-corrected chi connectivity index (χ0v) is 13.3. The lowest BCUT2D eigenvalue weighted by Crippen LogP contribution is -2.36. The molecule has 0 aliphatic carbocycles. The van der Waals surface area contributed by atoms with Crippen LogP contribution in [-0.2, 0) is 11.3 Å². The maximum Gasteiger partial charge on any atom is 0.240 e. The Bertz CT molecular complexity index is 396. The first-order chi connectivity index (χ1) is 9.60. The van der Waals surface area contributed by atoms with E-state index in [1.807, 2.05) is 10.8 Å². The van der Waals surface area contributed by atoms with Crippen molar-refractivity contribution in [2.75, 3.05) is 6.54 Å². The first kappa shape index (κ1) is 16.8. The average molecular weight is 279 g/mol. The van der Waals surface area contributed by atoms with Crippen LogP contribution in [0.4, 0.5) is 0 Å². The van der Waals surface area contributed by atoms with Crippen LogP contribution < -0.4 is 10.6 Å². The molecular formula is C16H29N3O. The third-order valence-corrected chi connectivity index (χ3v) is 3.65. The van der Waals surface area contributed by atoms with Crippen LogP contribution in [0.1, 0.15) is 58.6 Å². The highest BCUT2D eigenvalue weighted by molar-refractivity contribution is 5.76. The van der Waals surface area contributed by atoms with Gasteiger partial charge in [0.2, 0.25) is 5.91 Å². The topological polar surface area (TPSA) is 46.1 Å². The predicted octanol–water partition coefficient (Wildman–Crippen LogP) is 2.85. The van der Waals surface area contributed by atoms with Crippen LogP contribution in [0, 0.1) is 0 Å². The zero-order chi connectivity index (χ0) is 15.0. The van der Waals surface area contributed by atoms with Crippen molar-refractivity contribution in [2.45, 2.75) is 65.6 Å². The van der Waals surface area contributed by atoms with E-state index in [0.29, 0.717) is 18.6 Å². The molecule has 2 N–H and O–H groups in total. The molecule has 0 saturated heterocycles. The van der Waals surface area contributed by atoms with Crippen molar-refractivity contribution >= 4 is 5.91 Å². The summed E-state index contributed by atoms with van der Waals surface area (Å²) in [7, 11) is 0. The lowest BCUT2D eigenvalue weighted by atomic mass is 10.2. The van der Waals surface area contributed by atoms with Gasteiger partial charge in [-0.25, -0.2) is 0 Å². The molecule has 1 atom stereocenters. The molecule has 4 heteroatoms. The van der Waals surface area contributed by atoms with Gasteiger partial charge in [0.25, 0.3) is 0 Å². The van der Waals surface area contributed by atoms with E-state index in [-0.39, 0.29) is 5.91 Å². The monoisotopic (exact) mass is 279 g/mol. The number of amides is 1. The molecule has 0 aromatic carbocycles. The third kappa shape index (κ3) is 5.37. The number of hydrogen-bond donors (Lipinski definition) is 2. The molecule has 1 aromatic heterocycles. The molecule has 1 unspecified atom stereocenters. The molecule has 1 aromatic rings. The van der Waals surface area contributed by atoms with Crippen LogP contribution in [0.15, 0.2) is 18.5 Å². The van der Waals surface area contributed by atoms with Crippen molar-refractivity contribution in [3.63, 3.8) is 0 Å². The third-order valence-electron chi connectivity index (χ3n) is 3.65. The van der Waals surface area contributed by atoms with E-state index in [1.54, 1.807) is 0 Å². The van der Waals surface area contributed by atoms with Crippen molar-refractivity contribution in [3.8, 4) is 0 Å². The molecule has 1 heterocycles. The molecule has 0 aliphatic heterocycles. The van der Waals surface area contributed by atoms with Crippen LogP contribution in [-0.4, -0.2) is 23.1 Å². The van der Waals surface area contributed by atoms with Crippen LogP contribution in [0.25, 0.3) is 0 Å². The summed E-state index contributed by atoms with van der Waals surface area (Å²) in [6.45, 7) is 9.93. The number of nitrogens with one attached hydrogen (secondary N) is 2. The Balaban J connectivity index is 2.49. The van der Waals surface area contributed by atoms with Crippen molar-refractivity contribution < 1.29 is 4.79 Å². The minimum absolute atomic E-state index is 0.0926. The molecule has 0 bridgehead atoms. The highest BCUT2D eigenvalue weighted by Crippen LogP contribution is 2.12. The van der Waals surface area contributed by atoms with Gasteiger partial charge in [-0.3, -0.25) is 4.79 Å². The minimum atomic E-state index is 0.0926. The van der Waals surface area contributed by atoms with Crippen LogP contribution in [0.5, 0.6) is 0 Å². The zero-order valence-electron chi connectivity index (χ0n) is 13.3. The molecule has 4 nitrogen and oxygen atoms in total. The van der Waals surface area contributed by atoms with E-state index in [9.17, 15) is 4.79 Å². The van der Waals surface area contributed by atoms with E-state index >= 15 is 0 Å². The number of carbonyl (C=O) groups excluding carboxylic acids is 1. The van der Waals surface area contributed by atoms with E-state index < -0.39 is 0 Å². The van der Waals surface area contributed by atoms with Gasteiger partial charge in [-0.05, 0) is 44.4 Å². The quantitative estimate of drug-likeness (QED) is 0.730. The maximum atomic E-state index is 11.9. The van der Waals surface area contributed by atoms with E-state index in [4.69, 9.17) is 0 Å². The molecule has 0 fully saturated rings. The van der Waals surface area contributed by atoms with Gasteiger partial charge in [0.1, 0.15) is 6.54 Å². The Morgan fingerprint density at radius 3 is 2.60 bits per heavy atom. The number of rotatable bonds is 9. The first-order valence-electron chi connectivity index (χ1n) is 7.79. The van der Waals surface area contributed by atoms with Crippen LogP contribution >= 0.6 is 0 Å². The van der Waals surface area contributed by atoms with Crippen LogP contribution in [0.3, 0.4) is 0 Å². The molecular weight excluding hydrogens is 250 g/mol.